The van der Waals surface area contributed by atoms with Gasteiger partial charge in [-0.15, -0.1) is 0 Å². The molecule has 5 rings (SSSR count). The van der Waals surface area contributed by atoms with Crippen molar-refractivity contribution in [2.75, 3.05) is 13.7 Å². The summed E-state index contributed by atoms with van der Waals surface area (Å²) < 4.78 is 17.5. The summed E-state index contributed by atoms with van der Waals surface area (Å²) in [7, 11) is 1.66. The lowest BCUT2D eigenvalue weighted by Gasteiger charge is -2.46. The minimum absolute atomic E-state index is 0.133. The molecule has 5 heteroatoms. The minimum Gasteiger partial charge on any atom is -0.352 e. The van der Waals surface area contributed by atoms with Gasteiger partial charge in [0.05, 0.1) is 12.7 Å². The lowest BCUT2D eigenvalue weighted by atomic mass is 9.81. The van der Waals surface area contributed by atoms with Crippen molar-refractivity contribution in [3.63, 3.8) is 0 Å². The highest BCUT2D eigenvalue weighted by Crippen LogP contribution is 2.51. The molecular weight excluding hydrogens is 260 g/mol. The maximum Gasteiger partial charge on any atom is 0.198 e. The van der Waals surface area contributed by atoms with Crippen LogP contribution in [0.4, 0.5) is 0 Å². The second-order valence-electron chi connectivity index (χ2n) is 5.80. The second kappa shape index (κ2) is 4.26. The molecule has 1 aromatic rings. The summed E-state index contributed by atoms with van der Waals surface area (Å²) in [5.74, 6) is -0.677. The molecule has 1 spiro atoms. The van der Waals surface area contributed by atoms with Crippen LogP contribution < -0.4 is 0 Å². The van der Waals surface area contributed by atoms with Gasteiger partial charge in [0, 0.05) is 24.7 Å². The molecule has 4 atom stereocenters. The Balaban J connectivity index is 1.85. The molecule has 3 saturated heterocycles. The fourth-order valence-electron chi connectivity index (χ4n) is 3.32. The predicted octanol–water partition coefficient (Wildman–Crippen LogP) is 2.41. The van der Waals surface area contributed by atoms with Crippen molar-refractivity contribution in [2.45, 2.75) is 43.5 Å². The molecule has 3 fully saturated rings. The van der Waals surface area contributed by atoms with Crippen LogP contribution in [-0.2, 0) is 29.6 Å². The van der Waals surface area contributed by atoms with E-state index in [4.69, 9.17) is 24.0 Å². The summed E-state index contributed by atoms with van der Waals surface area (Å²) in [6.45, 7) is 2.33. The van der Waals surface area contributed by atoms with Crippen LogP contribution in [0.3, 0.4) is 0 Å². The molecule has 1 unspecified atom stereocenters. The van der Waals surface area contributed by atoms with E-state index in [0.717, 1.165) is 24.0 Å². The first-order chi connectivity index (χ1) is 9.67. The van der Waals surface area contributed by atoms with Gasteiger partial charge < -0.3 is 14.2 Å². The highest BCUT2D eigenvalue weighted by molar-refractivity contribution is 5.37. The van der Waals surface area contributed by atoms with Crippen LogP contribution in [0, 0.1) is 0 Å². The quantitative estimate of drug-likeness (QED) is 0.738. The van der Waals surface area contributed by atoms with Crippen molar-refractivity contribution in [2.24, 2.45) is 0 Å². The van der Waals surface area contributed by atoms with Gasteiger partial charge in [0.2, 0.25) is 0 Å². The van der Waals surface area contributed by atoms with Gasteiger partial charge in [-0.2, -0.15) is 0 Å². The van der Waals surface area contributed by atoms with Crippen LogP contribution in [-0.4, -0.2) is 25.6 Å². The lowest BCUT2D eigenvalue weighted by molar-refractivity contribution is -0.516. The largest absolute Gasteiger partial charge is 0.352 e. The van der Waals surface area contributed by atoms with Crippen LogP contribution in [0.2, 0.25) is 0 Å². The predicted molar refractivity (Wildman–Crippen MR) is 68.5 cm³/mol. The summed E-state index contributed by atoms with van der Waals surface area (Å²) >= 11 is 0. The molecule has 2 bridgehead atoms. The van der Waals surface area contributed by atoms with Crippen LogP contribution >= 0.6 is 0 Å². The molecule has 4 aliphatic rings. The van der Waals surface area contributed by atoms with Crippen molar-refractivity contribution in [1.29, 1.82) is 0 Å². The van der Waals surface area contributed by atoms with Gasteiger partial charge in [-0.05, 0) is 13.3 Å². The number of hydrogen-bond acceptors (Lipinski definition) is 5. The Morgan fingerprint density at radius 3 is 2.85 bits per heavy atom. The van der Waals surface area contributed by atoms with Gasteiger partial charge in [-0.3, -0.25) is 0 Å². The van der Waals surface area contributed by atoms with Crippen LogP contribution in [0.5, 0.6) is 0 Å². The smallest absolute Gasteiger partial charge is 0.198 e. The average molecular weight is 278 g/mol. The molecular formula is C15H18O5. The molecule has 1 aromatic carbocycles. The van der Waals surface area contributed by atoms with E-state index >= 15 is 0 Å². The first kappa shape index (κ1) is 12.7. The van der Waals surface area contributed by atoms with Gasteiger partial charge in [0.25, 0.3) is 0 Å². The van der Waals surface area contributed by atoms with Gasteiger partial charge in [0.1, 0.15) is 0 Å². The van der Waals surface area contributed by atoms with E-state index < -0.39 is 11.4 Å². The number of fused-ring (bicyclic) bond motifs is 4. The van der Waals surface area contributed by atoms with E-state index in [0.29, 0.717) is 6.61 Å². The number of benzene rings is 1. The van der Waals surface area contributed by atoms with Crippen molar-refractivity contribution in [3.8, 4) is 0 Å². The van der Waals surface area contributed by atoms with E-state index in [1.54, 1.807) is 7.11 Å². The second-order valence-corrected chi connectivity index (χ2v) is 5.80. The van der Waals surface area contributed by atoms with Crippen LogP contribution in [0.25, 0.3) is 0 Å². The molecule has 0 aromatic heterocycles. The third-order valence-corrected chi connectivity index (χ3v) is 4.51. The molecule has 4 aliphatic heterocycles. The monoisotopic (exact) mass is 278 g/mol. The molecule has 0 radical (unpaired) electrons. The Morgan fingerprint density at radius 2 is 2.10 bits per heavy atom. The van der Waals surface area contributed by atoms with Crippen molar-refractivity contribution in [1.82, 2.24) is 0 Å². The first-order valence-corrected chi connectivity index (χ1v) is 6.95. The summed E-state index contributed by atoms with van der Waals surface area (Å²) in [4.78, 5) is 11.3. The maximum absolute atomic E-state index is 6.10. The highest BCUT2D eigenvalue weighted by atomic mass is 17.3. The summed E-state index contributed by atoms with van der Waals surface area (Å²) in [6, 6.07) is 8.00. The van der Waals surface area contributed by atoms with E-state index in [2.05, 4.69) is 0 Å². The molecule has 0 N–H and O–H groups in total. The number of hydrogen-bond donors (Lipinski definition) is 0. The van der Waals surface area contributed by atoms with E-state index in [1.165, 1.54) is 0 Å². The minimum atomic E-state index is -0.693. The molecule has 108 valence electrons. The number of ether oxygens (including phenoxy) is 3. The zero-order valence-corrected chi connectivity index (χ0v) is 11.6. The third kappa shape index (κ3) is 1.61. The number of methoxy groups -OCH3 is 1. The standard InChI is InChI=1S/C15H18O5/c1-14-8-7-12-15(9-17-14,20-19-14)11-6-4-3-5-10(11)13(16-2)18-12/h3-6,12-13H,7-9H2,1-2H3/t12-,13?,14-,15+/m1/s1. The average Bonchev–Trinajstić information content (AvgIpc) is 2.73. The van der Waals surface area contributed by atoms with E-state index in [-0.39, 0.29) is 12.4 Å². The van der Waals surface area contributed by atoms with Gasteiger partial charge in [0.15, 0.2) is 17.7 Å². The Hall–Kier alpha value is -0.980. The summed E-state index contributed by atoms with van der Waals surface area (Å²) in [5.41, 5.74) is 1.32. The van der Waals surface area contributed by atoms with Crippen molar-refractivity contribution < 1.29 is 24.0 Å². The van der Waals surface area contributed by atoms with Crippen molar-refractivity contribution >= 4 is 0 Å². The zero-order chi connectivity index (χ0) is 13.8. The Morgan fingerprint density at radius 1 is 1.25 bits per heavy atom. The molecule has 20 heavy (non-hydrogen) atoms. The Bertz CT molecular complexity index is 521. The normalized spacial score (nSPS) is 42.7. The lowest BCUT2D eigenvalue weighted by Crippen LogP contribution is -2.54. The topological polar surface area (TPSA) is 46.2 Å². The van der Waals surface area contributed by atoms with Gasteiger partial charge in [-0.25, -0.2) is 9.78 Å². The van der Waals surface area contributed by atoms with Crippen LogP contribution in [0.15, 0.2) is 24.3 Å². The zero-order valence-electron chi connectivity index (χ0n) is 11.6. The molecule has 0 saturated carbocycles. The SMILES string of the molecule is COC1O[C@@H]2CC[C@]3(C)OC[C@]2(OO3)c2ccccc21. The van der Waals surface area contributed by atoms with E-state index in [9.17, 15) is 0 Å². The Kier molecular flexibility index (Phi) is 2.71. The van der Waals surface area contributed by atoms with Crippen LogP contribution in [0.1, 0.15) is 37.2 Å². The van der Waals surface area contributed by atoms with Gasteiger partial charge in [-0.1, -0.05) is 24.3 Å². The molecule has 0 amide bonds. The fourth-order valence-corrected chi connectivity index (χ4v) is 3.32. The molecule has 0 aliphatic carbocycles. The Labute approximate surface area is 117 Å². The van der Waals surface area contributed by atoms with E-state index in [1.807, 2.05) is 31.2 Å². The number of rotatable bonds is 1. The summed E-state index contributed by atoms with van der Waals surface area (Å²) in [5, 5.41) is 0. The molecule has 4 heterocycles. The van der Waals surface area contributed by atoms with Crippen molar-refractivity contribution in [3.05, 3.63) is 35.4 Å². The highest BCUT2D eigenvalue weighted by Gasteiger charge is 2.58. The third-order valence-electron chi connectivity index (χ3n) is 4.51. The first-order valence-electron chi connectivity index (χ1n) is 6.95. The molecule has 5 nitrogen and oxygen atoms in total. The summed E-state index contributed by atoms with van der Waals surface area (Å²) in [6.07, 6.45) is 1.05. The van der Waals surface area contributed by atoms with Gasteiger partial charge >= 0.3 is 0 Å². The fraction of sp³-hybridized carbons (Fsp3) is 0.600. The maximum atomic E-state index is 6.10.